The molecule has 168 valence electrons. The molecule has 0 fully saturated rings. The van der Waals surface area contributed by atoms with Crippen molar-refractivity contribution in [1.29, 1.82) is 0 Å². The van der Waals surface area contributed by atoms with E-state index in [1.807, 2.05) is 0 Å². The Labute approximate surface area is 192 Å². The highest BCUT2D eigenvalue weighted by atomic mass is 16.5. The van der Waals surface area contributed by atoms with Gasteiger partial charge < -0.3 is 19.6 Å². The Morgan fingerprint density at radius 3 is 2.52 bits per heavy atom. The molecule has 0 unspecified atom stereocenters. The van der Waals surface area contributed by atoms with Crippen molar-refractivity contribution in [2.45, 2.75) is 19.8 Å². The van der Waals surface area contributed by atoms with Crippen LogP contribution in [0.2, 0.25) is 0 Å². The Kier molecular flexibility index (Phi) is 6.74. The summed E-state index contributed by atoms with van der Waals surface area (Å²) in [6, 6.07) is 22.1. The van der Waals surface area contributed by atoms with Crippen LogP contribution in [0.3, 0.4) is 0 Å². The predicted octanol–water partition coefficient (Wildman–Crippen LogP) is 5.05. The number of benzene rings is 3. The molecule has 4 aromatic rings. The molecule has 6 nitrogen and oxygen atoms in total. The van der Waals surface area contributed by atoms with Gasteiger partial charge in [0.25, 0.3) is 5.91 Å². The summed E-state index contributed by atoms with van der Waals surface area (Å²) in [7, 11) is 1.60. The average Bonchev–Trinajstić information content (AvgIpc) is 2.83. The number of rotatable bonds is 7. The second-order valence-electron chi connectivity index (χ2n) is 7.84. The molecule has 2 N–H and O–H groups in total. The van der Waals surface area contributed by atoms with Gasteiger partial charge in [0.1, 0.15) is 22.6 Å². The van der Waals surface area contributed by atoms with E-state index in [4.69, 9.17) is 9.15 Å². The number of phenols is 1. The Hall–Kier alpha value is -4.06. The van der Waals surface area contributed by atoms with E-state index in [2.05, 4.69) is 41.5 Å². The summed E-state index contributed by atoms with van der Waals surface area (Å²) in [6.45, 7) is 2.59. The van der Waals surface area contributed by atoms with E-state index in [-0.39, 0.29) is 17.2 Å². The Morgan fingerprint density at radius 1 is 1.03 bits per heavy atom. The summed E-state index contributed by atoms with van der Waals surface area (Å²) >= 11 is 0. The number of ether oxygens (including phenoxy) is 1. The second-order valence-corrected chi connectivity index (χ2v) is 7.84. The van der Waals surface area contributed by atoms with Crippen molar-refractivity contribution in [3.05, 3.63) is 95.0 Å². The quantitative estimate of drug-likeness (QED) is 0.392. The maximum absolute atomic E-state index is 13.0. The summed E-state index contributed by atoms with van der Waals surface area (Å²) in [5, 5.41) is 13.5. The molecule has 1 aromatic heterocycles. The monoisotopic (exact) mass is 442 g/mol. The van der Waals surface area contributed by atoms with Gasteiger partial charge in [-0.05, 0) is 67.8 Å². The Balaban J connectivity index is 1.58. The number of amides is 1. The molecule has 6 heteroatoms. The first-order chi connectivity index (χ1) is 16.0. The highest BCUT2D eigenvalue weighted by molar-refractivity contribution is 5.96. The number of fused-ring (bicyclic) bond motifs is 1. The van der Waals surface area contributed by atoms with Crippen LogP contribution in [-0.2, 0) is 6.42 Å². The van der Waals surface area contributed by atoms with Gasteiger partial charge in [-0.3, -0.25) is 4.79 Å². The molecular weight excluding hydrogens is 416 g/mol. The number of hydrogen-bond donors (Lipinski definition) is 2. The van der Waals surface area contributed by atoms with Gasteiger partial charge in [0.2, 0.25) is 5.55 Å². The fourth-order valence-corrected chi connectivity index (χ4v) is 3.47. The average molecular weight is 443 g/mol. The van der Waals surface area contributed by atoms with Crippen molar-refractivity contribution in [3.63, 3.8) is 0 Å². The normalized spacial score (nSPS) is 11.5. The van der Waals surface area contributed by atoms with Crippen LogP contribution >= 0.6 is 0 Å². The van der Waals surface area contributed by atoms with Crippen LogP contribution in [0.5, 0.6) is 11.5 Å². The van der Waals surface area contributed by atoms with Gasteiger partial charge in [0.05, 0.1) is 12.8 Å². The van der Waals surface area contributed by atoms with E-state index in [1.165, 1.54) is 17.2 Å². The van der Waals surface area contributed by atoms with Crippen LogP contribution in [0.25, 0.3) is 11.0 Å². The zero-order chi connectivity index (χ0) is 23.2. The highest BCUT2D eigenvalue weighted by Crippen LogP contribution is 2.21. The zero-order valence-electron chi connectivity index (χ0n) is 18.7. The molecule has 0 bridgehead atoms. The van der Waals surface area contributed by atoms with Crippen LogP contribution in [0.15, 0.2) is 82.2 Å². The van der Waals surface area contributed by atoms with Crippen LogP contribution in [0.1, 0.15) is 27.9 Å². The van der Waals surface area contributed by atoms with E-state index in [9.17, 15) is 9.90 Å². The minimum atomic E-state index is -0.259. The summed E-state index contributed by atoms with van der Waals surface area (Å²) in [5.41, 5.74) is 4.04. The number of hydrogen-bond acceptors (Lipinski definition) is 5. The number of nitrogens with zero attached hydrogens (tertiary/aromatic N) is 1. The molecule has 33 heavy (non-hydrogen) atoms. The first-order valence-electron chi connectivity index (χ1n) is 10.8. The van der Waals surface area contributed by atoms with Crippen LogP contribution in [0.4, 0.5) is 5.69 Å². The van der Waals surface area contributed by atoms with Crippen LogP contribution < -0.4 is 15.6 Å². The van der Waals surface area contributed by atoms with Gasteiger partial charge in [0, 0.05) is 18.0 Å². The standard InChI is InChI=1S/C27H26N2O4/c1-18-5-7-19(8-6-18)4-3-15-28-26(31)24-16-20-9-12-22(30)17-25(20)33-27(24)29-21-10-13-23(32-2)14-11-21/h5-14,16-17,30H,3-4,15H2,1-2H3,(H,28,31). The minimum absolute atomic E-state index is 0.0787. The summed E-state index contributed by atoms with van der Waals surface area (Å²) < 4.78 is 11.1. The lowest BCUT2D eigenvalue weighted by Crippen LogP contribution is -2.29. The van der Waals surface area contributed by atoms with Gasteiger partial charge in [-0.2, -0.15) is 0 Å². The van der Waals surface area contributed by atoms with Crippen molar-refractivity contribution >= 4 is 22.6 Å². The van der Waals surface area contributed by atoms with Crippen molar-refractivity contribution in [2.75, 3.05) is 13.7 Å². The van der Waals surface area contributed by atoms with Gasteiger partial charge >= 0.3 is 0 Å². The molecule has 0 aliphatic rings. The third kappa shape index (κ3) is 5.60. The lowest BCUT2D eigenvalue weighted by molar-refractivity contribution is 0.0949. The van der Waals surface area contributed by atoms with E-state index in [1.54, 1.807) is 49.6 Å². The van der Waals surface area contributed by atoms with Gasteiger partial charge in [0.15, 0.2) is 0 Å². The molecular formula is C27H26N2O4. The van der Waals surface area contributed by atoms with Crippen molar-refractivity contribution in [3.8, 4) is 11.5 Å². The first-order valence-corrected chi connectivity index (χ1v) is 10.8. The maximum atomic E-state index is 13.0. The Bertz CT molecular complexity index is 1320. The molecule has 0 spiro atoms. The number of carbonyl (C=O) groups is 1. The molecule has 0 atom stereocenters. The lowest BCUT2D eigenvalue weighted by Gasteiger charge is -2.08. The minimum Gasteiger partial charge on any atom is -0.508 e. The van der Waals surface area contributed by atoms with E-state index < -0.39 is 0 Å². The van der Waals surface area contributed by atoms with Crippen LogP contribution in [-0.4, -0.2) is 24.7 Å². The van der Waals surface area contributed by atoms with Crippen molar-refractivity contribution in [2.24, 2.45) is 4.99 Å². The highest BCUT2D eigenvalue weighted by Gasteiger charge is 2.13. The summed E-state index contributed by atoms with van der Waals surface area (Å²) in [6.07, 6.45) is 1.70. The first kappa shape index (κ1) is 22.1. The number of carbonyl (C=O) groups excluding carboxylic acids is 1. The molecule has 0 aliphatic heterocycles. The van der Waals surface area contributed by atoms with Gasteiger partial charge in [-0.1, -0.05) is 29.8 Å². The lowest BCUT2D eigenvalue weighted by atomic mass is 10.1. The van der Waals surface area contributed by atoms with E-state index >= 15 is 0 Å². The summed E-state index contributed by atoms with van der Waals surface area (Å²) in [5.74, 6) is 0.528. The fourth-order valence-electron chi connectivity index (χ4n) is 3.47. The third-order valence-corrected chi connectivity index (χ3v) is 5.33. The van der Waals surface area contributed by atoms with Crippen molar-refractivity contribution in [1.82, 2.24) is 5.32 Å². The van der Waals surface area contributed by atoms with E-state index in [0.717, 1.165) is 12.8 Å². The van der Waals surface area contributed by atoms with Crippen molar-refractivity contribution < 1.29 is 19.1 Å². The Morgan fingerprint density at radius 2 is 1.79 bits per heavy atom. The number of aromatic hydroxyl groups is 1. The number of aryl methyl sites for hydroxylation is 2. The van der Waals surface area contributed by atoms with E-state index in [0.29, 0.717) is 34.5 Å². The van der Waals surface area contributed by atoms with Gasteiger partial charge in [-0.25, -0.2) is 4.99 Å². The fraction of sp³-hybridized carbons (Fsp3) is 0.185. The maximum Gasteiger partial charge on any atom is 0.256 e. The molecule has 1 amide bonds. The smallest absolute Gasteiger partial charge is 0.256 e. The largest absolute Gasteiger partial charge is 0.508 e. The third-order valence-electron chi connectivity index (χ3n) is 5.33. The molecule has 0 saturated carbocycles. The number of phenolic OH excluding ortho intramolecular Hbond substituents is 1. The molecule has 0 radical (unpaired) electrons. The molecule has 0 aliphatic carbocycles. The molecule has 3 aromatic carbocycles. The topological polar surface area (TPSA) is 84.1 Å². The molecule has 1 heterocycles. The van der Waals surface area contributed by atoms with Crippen LogP contribution in [0, 0.1) is 6.92 Å². The second kappa shape index (κ2) is 10.0. The molecule has 4 rings (SSSR count). The zero-order valence-corrected chi connectivity index (χ0v) is 18.7. The SMILES string of the molecule is COc1ccc(N=c2oc3cc(O)ccc3cc2C(=O)NCCCc2ccc(C)cc2)cc1. The summed E-state index contributed by atoms with van der Waals surface area (Å²) in [4.78, 5) is 17.6. The number of nitrogens with one attached hydrogen (secondary N) is 1. The predicted molar refractivity (Wildman–Crippen MR) is 128 cm³/mol. The number of methoxy groups -OCH3 is 1. The molecule has 0 saturated heterocycles. The van der Waals surface area contributed by atoms with Gasteiger partial charge in [-0.15, -0.1) is 0 Å².